The minimum absolute atomic E-state index is 0.124. The molecule has 0 saturated carbocycles. The Kier molecular flexibility index (Phi) is 4.63. The number of hydrogen-bond acceptors (Lipinski definition) is 3. The summed E-state index contributed by atoms with van der Waals surface area (Å²) in [6, 6.07) is 7.47. The fraction of sp³-hybridized carbons (Fsp3) is 0.500. The van der Waals surface area contributed by atoms with Crippen LogP contribution in [0.25, 0.3) is 0 Å². The number of nitrogens with zero attached hydrogens (tertiary/aromatic N) is 1. The number of carbonyl (C=O) groups is 1. The zero-order valence-corrected chi connectivity index (χ0v) is 11.1. The standard InChI is InChI=1S/C14H20N2O3/c1-19-13-6-2-4-11(8-13)9-15-14(18)16-7-3-5-12(17)10-16/h2,4,6,8,12,17H,3,5,7,9-10H2,1H3,(H,15,18). The van der Waals surface area contributed by atoms with Crippen LogP contribution >= 0.6 is 0 Å². The fourth-order valence-electron chi connectivity index (χ4n) is 2.21. The molecule has 1 saturated heterocycles. The van der Waals surface area contributed by atoms with Gasteiger partial charge in [0.1, 0.15) is 5.75 Å². The number of aliphatic hydroxyl groups is 1. The van der Waals surface area contributed by atoms with Gasteiger partial charge in [0, 0.05) is 19.6 Å². The predicted molar refractivity (Wildman–Crippen MR) is 72.0 cm³/mol. The van der Waals surface area contributed by atoms with Gasteiger partial charge in [-0.15, -0.1) is 0 Å². The summed E-state index contributed by atoms with van der Waals surface area (Å²) in [6.45, 7) is 1.59. The summed E-state index contributed by atoms with van der Waals surface area (Å²) in [4.78, 5) is 13.6. The highest BCUT2D eigenvalue weighted by molar-refractivity contribution is 5.74. The number of methoxy groups -OCH3 is 1. The van der Waals surface area contributed by atoms with Gasteiger partial charge >= 0.3 is 6.03 Å². The van der Waals surface area contributed by atoms with Crippen molar-refractivity contribution in [2.75, 3.05) is 20.2 Å². The van der Waals surface area contributed by atoms with E-state index in [1.807, 2.05) is 24.3 Å². The zero-order valence-electron chi connectivity index (χ0n) is 11.1. The molecule has 5 heteroatoms. The monoisotopic (exact) mass is 264 g/mol. The van der Waals surface area contributed by atoms with E-state index in [0.29, 0.717) is 19.6 Å². The molecule has 2 rings (SSSR count). The van der Waals surface area contributed by atoms with Crippen molar-refractivity contribution in [2.45, 2.75) is 25.5 Å². The number of urea groups is 1. The van der Waals surface area contributed by atoms with Crippen molar-refractivity contribution < 1.29 is 14.6 Å². The molecule has 1 atom stereocenters. The lowest BCUT2D eigenvalue weighted by atomic mass is 10.1. The van der Waals surface area contributed by atoms with Crippen molar-refractivity contribution in [3.05, 3.63) is 29.8 Å². The predicted octanol–water partition coefficient (Wildman–Crippen LogP) is 1.36. The lowest BCUT2D eigenvalue weighted by Gasteiger charge is -2.30. The van der Waals surface area contributed by atoms with Crippen LogP contribution in [0.5, 0.6) is 5.75 Å². The summed E-state index contributed by atoms with van der Waals surface area (Å²) >= 11 is 0. The first kappa shape index (κ1) is 13.7. The number of benzene rings is 1. The molecule has 104 valence electrons. The van der Waals surface area contributed by atoms with E-state index in [0.717, 1.165) is 24.2 Å². The molecular weight excluding hydrogens is 244 g/mol. The van der Waals surface area contributed by atoms with Crippen molar-refractivity contribution in [3.8, 4) is 5.75 Å². The maximum absolute atomic E-state index is 11.9. The fourth-order valence-corrected chi connectivity index (χ4v) is 2.21. The molecule has 1 unspecified atom stereocenters. The second-order valence-corrected chi connectivity index (χ2v) is 4.75. The third-order valence-corrected chi connectivity index (χ3v) is 3.26. The highest BCUT2D eigenvalue weighted by Gasteiger charge is 2.21. The number of likely N-dealkylation sites (tertiary alicyclic amines) is 1. The largest absolute Gasteiger partial charge is 0.497 e. The number of hydrogen-bond donors (Lipinski definition) is 2. The van der Waals surface area contributed by atoms with Crippen LogP contribution in [-0.4, -0.2) is 42.3 Å². The number of β-amino-alcohol motifs (C(OH)–C–C–N with tert-alkyl or cyclic N) is 1. The van der Waals surface area contributed by atoms with Crippen molar-refractivity contribution in [3.63, 3.8) is 0 Å². The van der Waals surface area contributed by atoms with Crippen LogP contribution in [0.2, 0.25) is 0 Å². The summed E-state index contributed by atoms with van der Waals surface area (Å²) in [5, 5.41) is 12.4. The number of aliphatic hydroxyl groups excluding tert-OH is 1. The Morgan fingerprint density at radius 2 is 2.42 bits per heavy atom. The van der Waals surface area contributed by atoms with Gasteiger partial charge in [0.05, 0.1) is 13.2 Å². The van der Waals surface area contributed by atoms with E-state index in [2.05, 4.69) is 5.32 Å². The van der Waals surface area contributed by atoms with Gasteiger partial charge < -0.3 is 20.1 Å². The van der Waals surface area contributed by atoms with E-state index in [-0.39, 0.29) is 6.03 Å². The summed E-state index contributed by atoms with van der Waals surface area (Å²) in [7, 11) is 1.62. The molecule has 1 aliphatic rings. The molecule has 0 radical (unpaired) electrons. The van der Waals surface area contributed by atoms with Crippen molar-refractivity contribution in [1.29, 1.82) is 0 Å². The number of ether oxygens (including phenoxy) is 1. The molecule has 1 aliphatic heterocycles. The minimum Gasteiger partial charge on any atom is -0.497 e. The zero-order chi connectivity index (χ0) is 13.7. The number of carbonyl (C=O) groups excluding carboxylic acids is 1. The van der Waals surface area contributed by atoms with Gasteiger partial charge in [0.25, 0.3) is 0 Å². The van der Waals surface area contributed by atoms with E-state index in [1.54, 1.807) is 12.0 Å². The summed E-state index contributed by atoms with van der Waals surface area (Å²) < 4.78 is 5.14. The maximum atomic E-state index is 11.9. The van der Waals surface area contributed by atoms with Crippen LogP contribution in [0.1, 0.15) is 18.4 Å². The number of amides is 2. The average Bonchev–Trinajstić information content (AvgIpc) is 2.45. The Morgan fingerprint density at radius 3 is 3.16 bits per heavy atom. The molecule has 2 amide bonds. The van der Waals surface area contributed by atoms with Crippen LogP contribution in [0.15, 0.2) is 24.3 Å². The molecule has 0 aliphatic carbocycles. The Morgan fingerprint density at radius 1 is 1.58 bits per heavy atom. The molecule has 1 heterocycles. The second kappa shape index (κ2) is 6.43. The minimum atomic E-state index is -0.392. The van der Waals surface area contributed by atoms with Crippen LogP contribution in [-0.2, 0) is 6.54 Å². The molecule has 0 bridgehead atoms. The molecule has 1 aromatic carbocycles. The molecule has 2 N–H and O–H groups in total. The van der Waals surface area contributed by atoms with Gasteiger partial charge in [-0.2, -0.15) is 0 Å². The third kappa shape index (κ3) is 3.86. The Bertz CT molecular complexity index is 436. The van der Waals surface area contributed by atoms with Crippen LogP contribution in [0, 0.1) is 0 Å². The van der Waals surface area contributed by atoms with Crippen LogP contribution in [0.4, 0.5) is 4.79 Å². The number of piperidine rings is 1. The average molecular weight is 264 g/mol. The molecule has 5 nitrogen and oxygen atoms in total. The van der Waals surface area contributed by atoms with Gasteiger partial charge in [0.15, 0.2) is 0 Å². The molecule has 1 aromatic rings. The normalized spacial score (nSPS) is 19.1. The molecule has 19 heavy (non-hydrogen) atoms. The lowest BCUT2D eigenvalue weighted by molar-refractivity contribution is 0.0842. The number of nitrogens with one attached hydrogen (secondary N) is 1. The van der Waals surface area contributed by atoms with Gasteiger partial charge in [0.2, 0.25) is 0 Å². The Balaban J connectivity index is 1.85. The molecule has 1 fully saturated rings. The summed E-state index contributed by atoms with van der Waals surface area (Å²) in [5.74, 6) is 0.778. The molecular formula is C14H20N2O3. The van der Waals surface area contributed by atoms with E-state index in [9.17, 15) is 9.90 Å². The lowest BCUT2D eigenvalue weighted by Crippen LogP contribution is -2.46. The van der Waals surface area contributed by atoms with Gasteiger partial charge in [-0.1, -0.05) is 12.1 Å². The van der Waals surface area contributed by atoms with Crippen molar-refractivity contribution in [1.82, 2.24) is 10.2 Å². The van der Waals surface area contributed by atoms with Gasteiger partial charge in [-0.05, 0) is 30.5 Å². The number of rotatable bonds is 3. The van der Waals surface area contributed by atoms with Crippen molar-refractivity contribution in [2.24, 2.45) is 0 Å². The van der Waals surface area contributed by atoms with Crippen LogP contribution < -0.4 is 10.1 Å². The second-order valence-electron chi connectivity index (χ2n) is 4.75. The highest BCUT2D eigenvalue weighted by atomic mass is 16.5. The maximum Gasteiger partial charge on any atom is 0.317 e. The third-order valence-electron chi connectivity index (χ3n) is 3.26. The van der Waals surface area contributed by atoms with Crippen molar-refractivity contribution >= 4 is 6.03 Å². The van der Waals surface area contributed by atoms with E-state index in [4.69, 9.17) is 4.74 Å². The molecule has 0 spiro atoms. The summed E-state index contributed by atoms with van der Waals surface area (Å²) in [5.41, 5.74) is 0.991. The quantitative estimate of drug-likeness (QED) is 0.866. The smallest absolute Gasteiger partial charge is 0.317 e. The van der Waals surface area contributed by atoms with E-state index < -0.39 is 6.10 Å². The Hall–Kier alpha value is -1.75. The first-order valence-corrected chi connectivity index (χ1v) is 6.53. The summed E-state index contributed by atoms with van der Waals surface area (Å²) in [6.07, 6.45) is 1.24. The highest BCUT2D eigenvalue weighted by Crippen LogP contribution is 2.13. The topological polar surface area (TPSA) is 61.8 Å². The van der Waals surface area contributed by atoms with Gasteiger partial charge in [-0.25, -0.2) is 4.79 Å². The Labute approximate surface area is 113 Å². The SMILES string of the molecule is COc1cccc(CNC(=O)N2CCCC(O)C2)c1. The van der Waals surface area contributed by atoms with E-state index in [1.165, 1.54) is 0 Å². The van der Waals surface area contributed by atoms with Gasteiger partial charge in [-0.3, -0.25) is 0 Å². The first-order valence-electron chi connectivity index (χ1n) is 6.53. The van der Waals surface area contributed by atoms with E-state index >= 15 is 0 Å². The first-order chi connectivity index (χ1) is 9.19. The molecule has 0 aromatic heterocycles. The van der Waals surface area contributed by atoms with Crippen LogP contribution in [0.3, 0.4) is 0 Å².